The molecule has 0 bridgehead atoms. The zero-order valence-corrected chi connectivity index (χ0v) is 13.1. The Balaban J connectivity index is 0. The number of aliphatic hydroxyl groups is 2. The first-order chi connectivity index (χ1) is 9.68. The van der Waals surface area contributed by atoms with Crippen molar-refractivity contribution in [1.29, 1.82) is 0 Å². The molecule has 0 aromatic carbocycles. The van der Waals surface area contributed by atoms with Crippen molar-refractivity contribution in [2.24, 2.45) is 0 Å². The van der Waals surface area contributed by atoms with Crippen LogP contribution in [0.15, 0.2) is 0 Å². The Morgan fingerprint density at radius 2 is 1.10 bits per heavy atom. The largest absolute Gasteiger partial charge is 0.481 e. The molecule has 0 atom stereocenters. The highest BCUT2D eigenvalue weighted by Gasteiger charge is 1.96. The second-order valence-electron chi connectivity index (χ2n) is 5.13. The van der Waals surface area contributed by atoms with Gasteiger partial charge in [-0.3, -0.25) is 4.79 Å². The monoisotopic (exact) mass is 290 g/mol. The number of carboxylic acid groups (broad SMARTS) is 1. The van der Waals surface area contributed by atoms with Crippen LogP contribution in [0.25, 0.3) is 0 Å². The van der Waals surface area contributed by atoms with Gasteiger partial charge in [0.1, 0.15) is 0 Å². The highest BCUT2D eigenvalue weighted by Crippen LogP contribution is 2.10. The lowest BCUT2D eigenvalue weighted by Crippen LogP contribution is -1.93. The zero-order valence-electron chi connectivity index (χ0n) is 13.1. The Hall–Kier alpha value is -0.610. The van der Waals surface area contributed by atoms with Crippen LogP contribution in [0.4, 0.5) is 0 Å². The molecular formula is C16H34O4. The van der Waals surface area contributed by atoms with Crippen LogP contribution in [0.2, 0.25) is 0 Å². The number of hydrogen-bond donors (Lipinski definition) is 3. The Morgan fingerprint density at radius 3 is 1.45 bits per heavy atom. The van der Waals surface area contributed by atoms with Gasteiger partial charge in [0.25, 0.3) is 0 Å². The predicted molar refractivity (Wildman–Crippen MR) is 82.9 cm³/mol. The van der Waals surface area contributed by atoms with Crippen LogP contribution >= 0.6 is 0 Å². The van der Waals surface area contributed by atoms with Crippen molar-refractivity contribution >= 4 is 5.97 Å². The molecule has 0 saturated carbocycles. The molecule has 0 aliphatic rings. The maximum Gasteiger partial charge on any atom is 0.303 e. The summed E-state index contributed by atoms with van der Waals surface area (Å²) in [5.74, 6) is -0.659. The summed E-state index contributed by atoms with van der Waals surface area (Å²) in [7, 11) is 0. The lowest BCUT2D eigenvalue weighted by atomic mass is 10.1. The molecule has 122 valence electrons. The van der Waals surface area contributed by atoms with Crippen LogP contribution in [-0.2, 0) is 4.79 Å². The quantitative estimate of drug-likeness (QED) is 0.451. The standard InChI is InChI=1S/C12H24O2.C4H10O2/c1-2-3-4-5-6-7-8-9-10-11-12(13)14;5-3-1-2-4-6/h2-11H2,1H3,(H,13,14);5-6H,1-4H2. The second-order valence-corrected chi connectivity index (χ2v) is 5.13. The van der Waals surface area contributed by atoms with Crippen molar-refractivity contribution in [3.8, 4) is 0 Å². The van der Waals surface area contributed by atoms with E-state index in [4.69, 9.17) is 15.3 Å². The smallest absolute Gasteiger partial charge is 0.303 e. The maximum atomic E-state index is 10.2. The van der Waals surface area contributed by atoms with Crippen LogP contribution < -0.4 is 0 Å². The van der Waals surface area contributed by atoms with E-state index in [2.05, 4.69) is 6.92 Å². The highest BCUT2D eigenvalue weighted by molar-refractivity contribution is 5.66. The minimum Gasteiger partial charge on any atom is -0.481 e. The summed E-state index contributed by atoms with van der Waals surface area (Å²) in [6, 6.07) is 0. The van der Waals surface area contributed by atoms with Gasteiger partial charge in [0.2, 0.25) is 0 Å². The summed E-state index contributed by atoms with van der Waals surface area (Å²) < 4.78 is 0. The average Bonchev–Trinajstić information content (AvgIpc) is 2.43. The lowest BCUT2D eigenvalue weighted by Gasteiger charge is -2.00. The molecular weight excluding hydrogens is 256 g/mol. The SMILES string of the molecule is CCCCCCCCCCCC(=O)O.OCCCCO. The molecule has 0 unspecified atom stereocenters. The topological polar surface area (TPSA) is 77.8 Å². The molecule has 0 fully saturated rings. The number of unbranched alkanes of at least 4 members (excludes halogenated alkanes) is 9. The van der Waals surface area contributed by atoms with Gasteiger partial charge in [0.05, 0.1) is 0 Å². The Bertz CT molecular complexity index is 179. The summed E-state index contributed by atoms with van der Waals surface area (Å²) in [5.41, 5.74) is 0. The van der Waals surface area contributed by atoms with Crippen molar-refractivity contribution in [3.63, 3.8) is 0 Å². The molecule has 0 aliphatic heterocycles. The van der Waals surface area contributed by atoms with Crippen LogP contribution in [0, 0.1) is 0 Å². The number of rotatable bonds is 13. The third-order valence-electron chi connectivity index (χ3n) is 3.06. The molecule has 0 aromatic heterocycles. The number of carboxylic acids is 1. The van der Waals surface area contributed by atoms with E-state index in [0.29, 0.717) is 6.42 Å². The van der Waals surface area contributed by atoms with Crippen molar-refractivity contribution < 1.29 is 20.1 Å². The lowest BCUT2D eigenvalue weighted by molar-refractivity contribution is -0.137. The first-order valence-electron chi connectivity index (χ1n) is 8.12. The zero-order chi connectivity index (χ0) is 15.5. The van der Waals surface area contributed by atoms with E-state index >= 15 is 0 Å². The van der Waals surface area contributed by atoms with Crippen LogP contribution in [-0.4, -0.2) is 34.5 Å². The van der Waals surface area contributed by atoms with E-state index in [1.54, 1.807) is 0 Å². The minimum absolute atomic E-state index is 0.195. The number of hydrogen-bond acceptors (Lipinski definition) is 3. The number of carbonyl (C=O) groups is 1. The van der Waals surface area contributed by atoms with E-state index in [-0.39, 0.29) is 13.2 Å². The molecule has 0 spiro atoms. The second kappa shape index (κ2) is 20.7. The molecule has 0 aromatic rings. The van der Waals surface area contributed by atoms with Gasteiger partial charge in [-0.2, -0.15) is 0 Å². The van der Waals surface area contributed by atoms with Gasteiger partial charge in [-0.25, -0.2) is 0 Å². The van der Waals surface area contributed by atoms with E-state index in [9.17, 15) is 4.79 Å². The van der Waals surface area contributed by atoms with Crippen LogP contribution in [0.5, 0.6) is 0 Å². The molecule has 0 heterocycles. The third-order valence-corrected chi connectivity index (χ3v) is 3.06. The van der Waals surface area contributed by atoms with Gasteiger partial charge < -0.3 is 15.3 Å². The van der Waals surface area contributed by atoms with Crippen LogP contribution in [0.3, 0.4) is 0 Å². The summed E-state index contributed by atoms with van der Waals surface area (Å²) in [6.45, 7) is 2.62. The fourth-order valence-electron chi connectivity index (χ4n) is 1.81. The Labute approximate surface area is 124 Å². The summed E-state index contributed by atoms with van der Waals surface area (Å²) in [5, 5.41) is 24.6. The third kappa shape index (κ3) is 26.1. The molecule has 0 saturated heterocycles. The normalized spacial score (nSPS) is 9.95. The van der Waals surface area contributed by atoms with E-state index in [1.165, 1.54) is 44.9 Å². The summed E-state index contributed by atoms with van der Waals surface area (Å²) >= 11 is 0. The molecule has 0 rings (SSSR count). The van der Waals surface area contributed by atoms with Crippen molar-refractivity contribution in [3.05, 3.63) is 0 Å². The van der Waals surface area contributed by atoms with Gasteiger partial charge in [-0.15, -0.1) is 0 Å². The molecule has 0 radical (unpaired) electrons. The molecule has 3 N–H and O–H groups in total. The summed E-state index contributed by atoms with van der Waals surface area (Å²) in [6.07, 6.45) is 12.9. The van der Waals surface area contributed by atoms with Crippen molar-refractivity contribution in [1.82, 2.24) is 0 Å². The van der Waals surface area contributed by atoms with Gasteiger partial charge in [-0.1, -0.05) is 58.3 Å². The van der Waals surface area contributed by atoms with Crippen LogP contribution in [0.1, 0.15) is 84.0 Å². The van der Waals surface area contributed by atoms with E-state index in [1.807, 2.05) is 0 Å². The number of aliphatic carboxylic acids is 1. The molecule has 0 aliphatic carbocycles. The van der Waals surface area contributed by atoms with Gasteiger partial charge in [-0.05, 0) is 19.3 Å². The van der Waals surface area contributed by atoms with E-state index in [0.717, 1.165) is 25.7 Å². The van der Waals surface area contributed by atoms with Crippen molar-refractivity contribution in [2.75, 3.05) is 13.2 Å². The molecule has 20 heavy (non-hydrogen) atoms. The molecule has 4 nitrogen and oxygen atoms in total. The number of aliphatic hydroxyl groups excluding tert-OH is 2. The van der Waals surface area contributed by atoms with Gasteiger partial charge >= 0.3 is 5.97 Å². The Kier molecular flexibility index (Phi) is 22.4. The molecule has 0 amide bonds. The summed E-state index contributed by atoms with van der Waals surface area (Å²) in [4.78, 5) is 10.2. The fourth-order valence-corrected chi connectivity index (χ4v) is 1.81. The average molecular weight is 290 g/mol. The van der Waals surface area contributed by atoms with Gasteiger partial charge in [0, 0.05) is 19.6 Å². The maximum absolute atomic E-state index is 10.2. The minimum atomic E-state index is -0.659. The Morgan fingerprint density at radius 1 is 0.700 bits per heavy atom. The van der Waals surface area contributed by atoms with Crippen molar-refractivity contribution in [2.45, 2.75) is 84.0 Å². The fraction of sp³-hybridized carbons (Fsp3) is 0.938. The highest BCUT2D eigenvalue weighted by atomic mass is 16.4. The first kappa shape index (κ1) is 21.7. The van der Waals surface area contributed by atoms with E-state index < -0.39 is 5.97 Å². The van der Waals surface area contributed by atoms with Gasteiger partial charge in [0.15, 0.2) is 0 Å². The predicted octanol–water partition coefficient (Wildman–Crippen LogP) is 3.74. The first-order valence-corrected chi connectivity index (χ1v) is 8.12. The molecule has 4 heteroatoms.